The first-order chi connectivity index (χ1) is 11.0. The minimum absolute atomic E-state index is 0.0707. The van der Waals surface area contributed by atoms with Crippen molar-refractivity contribution in [3.63, 3.8) is 0 Å². The predicted octanol–water partition coefficient (Wildman–Crippen LogP) is 3.65. The third kappa shape index (κ3) is 6.15. The van der Waals surface area contributed by atoms with Gasteiger partial charge in [-0.1, -0.05) is 36.5 Å². The standard InChI is InChI=1S/C18H18N2O2/c1-4-11-19-16-20-12-6-9-17-8-2-3-10-18(17)22-15-7-14-21-13-5-1/h1-14,16,18H,15H2/b4-1-,12-6-,13-5-,14-7-,17-9-,19-11?,20-16?. The second kappa shape index (κ2) is 10.1. The van der Waals surface area contributed by atoms with E-state index in [4.69, 9.17) is 9.47 Å². The number of hydrogen-bond acceptors (Lipinski definition) is 4. The molecule has 4 heteroatoms. The second-order valence-electron chi connectivity index (χ2n) is 4.29. The lowest BCUT2D eigenvalue weighted by Crippen LogP contribution is -2.13. The SMILES string of the molecule is C1=C/C2=C/C=C\N=CN=C/C=C\C=C/O/C=C\COC2C=C1. The molecule has 1 aliphatic carbocycles. The topological polar surface area (TPSA) is 43.2 Å². The number of nitrogens with zero attached hydrogens (tertiary/aromatic N) is 2. The van der Waals surface area contributed by atoms with Crippen molar-refractivity contribution in [2.24, 2.45) is 9.98 Å². The zero-order valence-electron chi connectivity index (χ0n) is 12.2. The van der Waals surface area contributed by atoms with Crippen LogP contribution in [-0.4, -0.2) is 25.3 Å². The van der Waals surface area contributed by atoms with E-state index in [-0.39, 0.29) is 6.10 Å². The molecule has 0 spiro atoms. The van der Waals surface area contributed by atoms with Crippen molar-refractivity contribution >= 4 is 12.6 Å². The summed E-state index contributed by atoms with van der Waals surface area (Å²) in [6.45, 7) is 0.471. The summed E-state index contributed by atoms with van der Waals surface area (Å²) in [4.78, 5) is 8.06. The Balaban J connectivity index is 2.08. The molecule has 0 aromatic carbocycles. The Morgan fingerprint density at radius 1 is 0.955 bits per heavy atom. The van der Waals surface area contributed by atoms with E-state index in [0.29, 0.717) is 6.61 Å². The molecule has 0 bridgehead atoms. The molecule has 0 aromatic rings. The van der Waals surface area contributed by atoms with Crippen molar-refractivity contribution in [3.8, 4) is 0 Å². The van der Waals surface area contributed by atoms with Crippen LogP contribution >= 0.6 is 0 Å². The molecule has 0 radical (unpaired) electrons. The van der Waals surface area contributed by atoms with Gasteiger partial charge in [0.25, 0.3) is 0 Å². The first-order valence-corrected chi connectivity index (χ1v) is 6.97. The van der Waals surface area contributed by atoms with E-state index >= 15 is 0 Å². The second-order valence-corrected chi connectivity index (χ2v) is 4.29. The van der Waals surface area contributed by atoms with Crippen LogP contribution in [0.1, 0.15) is 0 Å². The molecule has 2 aliphatic rings. The fourth-order valence-electron chi connectivity index (χ4n) is 1.71. The summed E-state index contributed by atoms with van der Waals surface area (Å²) in [5, 5.41) is 0. The zero-order chi connectivity index (χ0) is 15.3. The van der Waals surface area contributed by atoms with Gasteiger partial charge in [-0.25, -0.2) is 9.98 Å². The Hall–Kier alpha value is -2.72. The minimum atomic E-state index is -0.0707. The van der Waals surface area contributed by atoms with Gasteiger partial charge in [0.05, 0.1) is 19.1 Å². The molecule has 0 saturated heterocycles. The largest absolute Gasteiger partial charge is 0.473 e. The van der Waals surface area contributed by atoms with Gasteiger partial charge in [-0.2, -0.15) is 0 Å². The molecule has 22 heavy (non-hydrogen) atoms. The first-order valence-electron chi connectivity index (χ1n) is 6.97. The zero-order valence-corrected chi connectivity index (χ0v) is 12.2. The van der Waals surface area contributed by atoms with Crippen LogP contribution < -0.4 is 0 Å². The van der Waals surface area contributed by atoms with E-state index < -0.39 is 0 Å². The summed E-state index contributed by atoms with van der Waals surface area (Å²) in [7, 11) is 0. The summed E-state index contributed by atoms with van der Waals surface area (Å²) < 4.78 is 11.0. The maximum atomic E-state index is 5.78. The monoisotopic (exact) mass is 294 g/mol. The molecule has 2 rings (SSSR count). The van der Waals surface area contributed by atoms with Crippen LogP contribution in [0.15, 0.2) is 95.0 Å². The molecule has 1 unspecified atom stereocenters. The average molecular weight is 294 g/mol. The van der Waals surface area contributed by atoms with Gasteiger partial charge in [0.1, 0.15) is 12.4 Å². The van der Waals surface area contributed by atoms with Crippen LogP contribution in [0.3, 0.4) is 0 Å². The Labute approximate surface area is 130 Å². The predicted molar refractivity (Wildman–Crippen MR) is 90.7 cm³/mol. The minimum Gasteiger partial charge on any atom is -0.473 e. The number of rotatable bonds is 0. The lowest BCUT2D eigenvalue weighted by atomic mass is 10.0. The Morgan fingerprint density at radius 2 is 1.95 bits per heavy atom. The molecule has 0 amide bonds. The van der Waals surface area contributed by atoms with Crippen LogP contribution in [0.25, 0.3) is 0 Å². The van der Waals surface area contributed by atoms with Gasteiger partial charge >= 0.3 is 0 Å². The van der Waals surface area contributed by atoms with Crippen molar-refractivity contribution < 1.29 is 9.47 Å². The van der Waals surface area contributed by atoms with Crippen LogP contribution in [0, 0.1) is 0 Å². The maximum Gasteiger partial charge on any atom is 0.115 e. The number of allylic oxidation sites excluding steroid dienone is 7. The normalized spacial score (nSPS) is 30.0. The molecule has 1 heterocycles. The quantitative estimate of drug-likeness (QED) is 0.684. The van der Waals surface area contributed by atoms with Gasteiger partial charge in [0, 0.05) is 12.4 Å². The van der Waals surface area contributed by atoms with E-state index in [1.807, 2.05) is 48.6 Å². The highest BCUT2D eigenvalue weighted by Gasteiger charge is 2.09. The molecule has 112 valence electrons. The van der Waals surface area contributed by atoms with Crippen molar-refractivity contribution in [1.29, 1.82) is 0 Å². The summed E-state index contributed by atoms with van der Waals surface area (Å²) in [6.07, 6.45) is 26.9. The smallest absolute Gasteiger partial charge is 0.115 e. The van der Waals surface area contributed by atoms with Crippen molar-refractivity contribution in [3.05, 3.63) is 85.1 Å². The van der Waals surface area contributed by atoms with E-state index in [2.05, 4.69) is 9.98 Å². The summed E-state index contributed by atoms with van der Waals surface area (Å²) in [5.41, 5.74) is 1.07. The summed E-state index contributed by atoms with van der Waals surface area (Å²) in [6, 6.07) is 0. The summed E-state index contributed by atoms with van der Waals surface area (Å²) >= 11 is 0. The van der Waals surface area contributed by atoms with E-state index in [9.17, 15) is 0 Å². The third-order valence-corrected chi connectivity index (χ3v) is 2.71. The van der Waals surface area contributed by atoms with E-state index in [1.54, 1.807) is 37.1 Å². The number of aliphatic imine (C=N–C) groups is 2. The Bertz CT molecular complexity index is 603. The van der Waals surface area contributed by atoms with Crippen LogP contribution in [0.4, 0.5) is 0 Å². The van der Waals surface area contributed by atoms with Gasteiger partial charge in [0.2, 0.25) is 0 Å². The third-order valence-electron chi connectivity index (χ3n) is 2.71. The fraction of sp³-hybridized carbons (Fsp3) is 0.111. The molecule has 1 atom stereocenters. The molecule has 0 saturated carbocycles. The highest BCUT2D eigenvalue weighted by Crippen LogP contribution is 2.15. The highest BCUT2D eigenvalue weighted by molar-refractivity contribution is 5.80. The highest BCUT2D eigenvalue weighted by atomic mass is 16.5. The first kappa shape index (κ1) is 15.7. The number of ether oxygens (including phenoxy) is 2. The van der Waals surface area contributed by atoms with Gasteiger partial charge in [-0.3, -0.25) is 0 Å². The van der Waals surface area contributed by atoms with Crippen molar-refractivity contribution in [1.82, 2.24) is 0 Å². The van der Waals surface area contributed by atoms with Gasteiger partial charge < -0.3 is 9.47 Å². The number of fused-ring (bicyclic) bond motifs is 1. The van der Waals surface area contributed by atoms with Crippen LogP contribution in [0.2, 0.25) is 0 Å². The molecule has 0 aromatic heterocycles. The van der Waals surface area contributed by atoms with Gasteiger partial charge in [-0.15, -0.1) is 0 Å². The van der Waals surface area contributed by atoms with Gasteiger partial charge in [0.15, 0.2) is 0 Å². The Morgan fingerprint density at radius 3 is 2.95 bits per heavy atom. The maximum absolute atomic E-state index is 5.78. The fourth-order valence-corrected chi connectivity index (χ4v) is 1.71. The van der Waals surface area contributed by atoms with Gasteiger partial charge in [-0.05, 0) is 29.9 Å². The van der Waals surface area contributed by atoms with Crippen molar-refractivity contribution in [2.75, 3.05) is 6.61 Å². The molecule has 0 N–H and O–H groups in total. The van der Waals surface area contributed by atoms with E-state index in [1.165, 1.54) is 6.34 Å². The molecular weight excluding hydrogens is 276 g/mol. The van der Waals surface area contributed by atoms with Crippen LogP contribution in [-0.2, 0) is 9.47 Å². The molecule has 0 fully saturated rings. The lowest BCUT2D eigenvalue weighted by molar-refractivity contribution is 0.135. The lowest BCUT2D eigenvalue weighted by Gasteiger charge is -2.16. The van der Waals surface area contributed by atoms with Crippen molar-refractivity contribution in [2.45, 2.75) is 6.10 Å². The molecule has 1 aliphatic heterocycles. The number of hydrogen-bond donors (Lipinski definition) is 0. The molecule has 4 nitrogen and oxygen atoms in total. The Kier molecular flexibility index (Phi) is 7.17. The average Bonchev–Trinajstić information content (AvgIpc) is 2.55. The van der Waals surface area contributed by atoms with Crippen LogP contribution in [0.5, 0.6) is 0 Å². The molecular formula is C18H18N2O2. The van der Waals surface area contributed by atoms with E-state index in [0.717, 1.165) is 5.57 Å². The summed E-state index contributed by atoms with van der Waals surface area (Å²) in [5.74, 6) is 0.